The fraction of sp³-hybridized carbons (Fsp3) is 0.333. The fourth-order valence-electron chi connectivity index (χ4n) is 3.50. The number of alkyl halides is 7. The SMILES string of the molecule is O=C(NNc1cc(C2=NO[C@@](c3cc(Cl)cc(C(F)(F)F)c3)(C(F)(F)F)C2)ccc1Cl)[C@@H]1C[C@@H]1F. The lowest BCUT2D eigenvalue weighted by Crippen LogP contribution is -2.43. The number of carbonyl (C=O) groups excluding carboxylic acids is 1. The summed E-state index contributed by atoms with van der Waals surface area (Å²) in [5.74, 6) is -1.43. The minimum absolute atomic E-state index is 0.0721. The van der Waals surface area contributed by atoms with Crippen LogP contribution < -0.4 is 10.9 Å². The van der Waals surface area contributed by atoms with Crippen molar-refractivity contribution >= 4 is 40.5 Å². The number of hydrogen-bond acceptors (Lipinski definition) is 4. The first-order chi connectivity index (χ1) is 16.2. The maximum absolute atomic E-state index is 14.2. The Balaban J connectivity index is 1.62. The molecule has 5 nitrogen and oxygen atoms in total. The molecule has 0 bridgehead atoms. The Hall–Kier alpha value is -2.73. The Morgan fingerprint density at radius 2 is 1.77 bits per heavy atom. The average Bonchev–Trinajstić information content (AvgIpc) is 3.30. The Morgan fingerprint density at radius 1 is 1.09 bits per heavy atom. The zero-order valence-electron chi connectivity index (χ0n) is 17.2. The molecular formula is C21H14Cl2F7N3O2. The molecule has 1 fully saturated rings. The molecule has 3 atom stereocenters. The van der Waals surface area contributed by atoms with E-state index in [0.29, 0.717) is 12.1 Å². The van der Waals surface area contributed by atoms with Crippen LogP contribution >= 0.6 is 23.2 Å². The summed E-state index contributed by atoms with van der Waals surface area (Å²) < 4.78 is 95.2. The Morgan fingerprint density at radius 3 is 2.37 bits per heavy atom. The number of anilines is 1. The van der Waals surface area contributed by atoms with Gasteiger partial charge in [0.15, 0.2) is 0 Å². The van der Waals surface area contributed by atoms with Crippen molar-refractivity contribution in [3.8, 4) is 0 Å². The number of halogens is 9. The van der Waals surface area contributed by atoms with Crippen LogP contribution in [0, 0.1) is 5.92 Å². The molecule has 2 aliphatic rings. The topological polar surface area (TPSA) is 62.7 Å². The van der Waals surface area contributed by atoms with Crippen LogP contribution in [0.15, 0.2) is 41.6 Å². The lowest BCUT2D eigenvalue weighted by Gasteiger charge is -2.30. The van der Waals surface area contributed by atoms with E-state index in [4.69, 9.17) is 28.0 Å². The maximum atomic E-state index is 14.2. The van der Waals surface area contributed by atoms with Crippen molar-refractivity contribution in [2.24, 2.45) is 11.1 Å². The highest BCUT2D eigenvalue weighted by Crippen LogP contribution is 2.50. The summed E-state index contributed by atoms with van der Waals surface area (Å²) in [5, 5.41) is 3.02. The number of benzene rings is 2. The van der Waals surface area contributed by atoms with Gasteiger partial charge in [0.1, 0.15) is 6.17 Å². The van der Waals surface area contributed by atoms with Crippen molar-refractivity contribution < 1.29 is 40.4 Å². The second-order valence-electron chi connectivity index (χ2n) is 8.02. The Kier molecular flexibility index (Phi) is 6.33. The second-order valence-corrected chi connectivity index (χ2v) is 8.87. The van der Waals surface area contributed by atoms with Crippen LogP contribution in [-0.2, 0) is 21.4 Å². The van der Waals surface area contributed by atoms with Crippen LogP contribution in [0.5, 0.6) is 0 Å². The highest BCUT2D eigenvalue weighted by Gasteiger charge is 2.62. The molecule has 0 radical (unpaired) electrons. The average molecular weight is 544 g/mol. The number of amides is 1. The highest BCUT2D eigenvalue weighted by atomic mass is 35.5. The molecular weight excluding hydrogens is 530 g/mol. The van der Waals surface area contributed by atoms with Crippen molar-refractivity contribution in [3.05, 3.63) is 63.1 Å². The molecule has 0 aromatic heterocycles. The summed E-state index contributed by atoms with van der Waals surface area (Å²) in [6.07, 6.45) is -12.2. The quantitative estimate of drug-likeness (QED) is 0.339. The second kappa shape index (κ2) is 8.74. The van der Waals surface area contributed by atoms with Crippen molar-refractivity contribution in [1.29, 1.82) is 0 Å². The fourth-order valence-corrected chi connectivity index (χ4v) is 3.90. The first-order valence-electron chi connectivity index (χ1n) is 9.91. The predicted octanol–water partition coefficient (Wildman–Crippen LogP) is 6.40. The van der Waals surface area contributed by atoms with E-state index in [9.17, 15) is 35.5 Å². The van der Waals surface area contributed by atoms with Crippen LogP contribution in [0.1, 0.15) is 29.5 Å². The number of nitrogens with zero attached hydrogens (tertiary/aromatic N) is 1. The zero-order valence-corrected chi connectivity index (χ0v) is 18.7. The van der Waals surface area contributed by atoms with E-state index in [1.807, 2.05) is 0 Å². The number of carbonyl (C=O) groups is 1. The summed E-state index contributed by atoms with van der Waals surface area (Å²) in [7, 11) is 0. The van der Waals surface area contributed by atoms with Gasteiger partial charge >= 0.3 is 12.4 Å². The first kappa shape index (κ1) is 25.4. The molecule has 0 saturated heterocycles. The monoisotopic (exact) mass is 543 g/mol. The summed E-state index contributed by atoms with van der Waals surface area (Å²) in [4.78, 5) is 16.6. The van der Waals surface area contributed by atoms with Crippen molar-refractivity contribution in [2.75, 3.05) is 5.43 Å². The van der Waals surface area contributed by atoms with Gasteiger partial charge in [-0.15, -0.1) is 0 Å². The van der Waals surface area contributed by atoms with Crippen LogP contribution in [0.3, 0.4) is 0 Å². The third-order valence-corrected chi connectivity index (χ3v) is 6.09. The van der Waals surface area contributed by atoms with Gasteiger partial charge in [0.05, 0.1) is 27.9 Å². The molecule has 1 amide bonds. The first-order valence-corrected chi connectivity index (χ1v) is 10.7. The Labute approximate surface area is 203 Å². The standard InChI is InChI=1S/C21H14Cl2F7N3O2/c22-12-5-10(4-11(6-12)20(25,26)27)19(21(28,29)30)8-17(33-35-19)9-1-2-14(23)16(3-9)31-32-18(34)13-7-15(13)24/h1-6,13,15,31H,7-8H2,(H,32,34)/t13-,15+,19+/m1/s1. The van der Waals surface area contributed by atoms with E-state index in [1.165, 1.54) is 18.2 Å². The molecule has 14 heteroatoms. The molecule has 0 unspecified atom stereocenters. The molecule has 1 saturated carbocycles. The van der Waals surface area contributed by atoms with Gasteiger partial charge in [0, 0.05) is 22.6 Å². The van der Waals surface area contributed by atoms with E-state index >= 15 is 0 Å². The molecule has 4 rings (SSSR count). The summed E-state index contributed by atoms with van der Waals surface area (Å²) in [6, 6.07) is 5.45. The van der Waals surface area contributed by atoms with Crippen LogP contribution in [-0.4, -0.2) is 24.0 Å². The minimum atomic E-state index is -5.17. The van der Waals surface area contributed by atoms with E-state index in [0.717, 1.165) is 6.07 Å². The van der Waals surface area contributed by atoms with Gasteiger partial charge in [0.2, 0.25) is 5.91 Å². The summed E-state index contributed by atoms with van der Waals surface area (Å²) in [6.45, 7) is 0. The minimum Gasteiger partial charge on any atom is -0.374 e. The third kappa shape index (κ3) is 4.99. The summed E-state index contributed by atoms with van der Waals surface area (Å²) in [5.41, 5.74) is -0.818. The molecule has 2 N–H and O–H groups in total. The molecule has 188 valence electrons. The maximum Gasteiger partial charge on any atom is 0.435 e. The number of hydrazine groups is 1. The molecule has 0 spiro atoms. The summed E-state index contributed by atoms with van der Waals surface area (Å²) >= 11 is 11.7. The van der Waals surface area contributed by atoms with Gasteiger partial charge < -0.3 is 4.84 Å². The third-order valence-electron chi connectivity index (χ3n) is 5.55. The zero-order chi connectivity index (χ0) is 25.8. The molecule has 1 aliphatic heterocycles. The predicted molar refractivity (Wildman–Crippen MR) is 113 cm³/mol. The van der Waals surface area contributed by atoms with Gasteiger partial charge in [0.25, 0.3) is 5.60 Å². The molecule has 35 heavy (non-hydrogen) atoms. The van der Waals surface area contributed by atoms with Crippen LogP contribution in [0.4, 0.5) is 36.4 Å². The molecule has 1 aliphatic carbocycles. The number of rotatable bonds is 5. The number of oxime groups is 1. The number of nitrogens with one attached hydrogen (secondary N) is 2. The van der Waals surface area contributed by atoms with Crippen LogP contribution in [0.25, 0.3) is 0 Å². The van der Waals surface area contributed by atoms with Crippen LogP contribution in [0.2, 0.25) is 10.0 Å². The lowest BCUT2D eigenvalue weighted by molar-refractivity contribution is -0.276. The molecule has 1 heterocycles. The highest BCUT2D eigenvalue weighted by molar-refractivity contribution is 6.33. The largest absolute Gasteiger partial charge is 0.435 e. The van der Waals surface area contributed by atoms with Gasteiger partial charge in [-0.05, 0) is 36.8 Å². The van der Waals surface area contributed by atoms with Crippen molar-refractivity contribution in [2.45, 2.75) is 37.0 Å². The normalized spacial score (nSPS) is 24.0. The van der Waals surface area contributed by atoms with E-state index in [1.54, 1.807) is 0 Å². The van der Waals surface area contributed by atoms with E-state index in [-0.39, 0.29) is 28.4 Å². The lowest BCUT2D eigenvalue weighted by atomic mass is 9.85. The van der Waals surface area contributed by atoms with Gasteiger partial charge in [-0.2, -0.15) is 26.3 Å². The van der Waals surface area contributed by atoms with Gasteiger partial charge in [-0.1, -0.05) is 34.4 Å². The Bertz CT molecular complexity index is 1200. The molecule has 2 aromatic carbocycles. The van der Waals surface area contributed by atoms with E-state index in [2.05, 4.69) is 16.0 Å². The molecule has 2 aromatic rings. The smallest absolute Gasteiger partial charge is 0.374 e. The van der Waals surface area contributed by atoms with Gasteiger partial charge in [-0.25, -0.2) is 4.39 Å². The van der Waals surface area contributed by atoms with Gasteiger partial charge in [-0.3, -0.25) is 15.6 Å². The van der Waals surface area contributed by atoms with Crippen molar-refractivity contribution in [3.63, 3.8) is 0 Å². The van der Waals surface area contributed by atoms with Crippen molar-refractivity contribution in [1.82, 2.24) is 5.43 Å². The number of hydrogen-bond donors (Lipinski definition) is 2. The van der Waals surface area contributed by atoms with E-state index < -0.39 is 58.5 Å².